The Hall–Kier alpha value is -1.59. The molecule has 0 bridgehead atoms. The fourth-order valence-corrected chi connectivity index (χ4v) is 1.35. The summed E-state index contributed by atoms with van der Waals surface area (Å²) in [6, 6.07) is 5.03. The Kier molecular flexibility index (Phi) is 4.08. The average molecular weight is 228 g/mol. The van der Waals surface area contributed by atoms with Crippen molar-refractivity contribution in [3.8, 4) is 0 Å². The Morgan fingerprint density at radius 1 is 1.67 bits per heavy atom. The summed E-state index contributed by atoms with van der Waals surface area (Å²) in [5.74, 6) is -0.547. The van der Waals surface area contributed by atoms with Crippen LogP contribution in [-0.2, 0) is 11.3 Å². The first-order chi connectivity index (χ1) is 7.19. The maximum atomic E-state index is 11.1. The standard InChI is InChI=1S/C9H10ClN3O2/c10-7-2-1-3-8(6(7)4-11)13-9(14)5-12-15/h1-3,5,15H,4,11H2,(H,13,14). The number of nitrogens with zero attached hydrogens (tertiary/aromatic N) is 1. The molecule has 0 atom stereocenters. The van der Waals surface area contributed by atoms with Crippen LogP contribution < -0.4 is 11.1 Å². The van der Waals surface area contributed by atoms with Crippen LogP contribution in [0.15, 0.2) is 23.4 Å². The fourth-order valence-electron chi connectivity index (χ4n) is 1.10. The fraction of sp³-hybridized carbons (Fsp3) is 0.111. The largest absolute Gasteiger partial charge is 0.411 e. The lowest BCUT2D eigenvalue weighted by molar-refractivity contribution is -0.110. The van der Waals surface area contributed by atoms with Gasteiger partial charge in [0, 0.05) is 22.8 Å². The van der Waals surface area contributed by atoms with Crippen LogP contribution >= 0.6 is 11.6 Å². The zero-order chi connectivity index (χ0) is 11.3. The van der Waals surface area contributed by atoms with Crippen molar-refractivity contribution in [3.05, 3.63) is 28.8 Å². The van der Waals surface area contributed by atoms with Gasteiger partial charge in [-0.25, -0.2) is 0 Å². The monoisotopic (exact) mass is 227 g/mol. The number of anilines is 1. The number of amides is 1. The van der Waals surface area contributed by atoms with Crippen LogP contribution in [-0.4, -0.2) is 17.3 Å². The highest BCUT2D eigenvalue weighted by atomic mass is 35.5. The molecule has 5 nitrogen and oxygen atoms in total. The van der Waals surface area contributed by atoms with Gasteiger partial charge < -0.3 is 16.3 Å². The van der Waals surface area contributed by atoms with Gasteiger partial charge >= 0.3 is 0 Å². The van der Waals surface area contributed by atoms with E-state index >= 15 is 0 Å². The van der Waals surface area contributed by atoms with E-state index in [4.69, 9.17) is 22.5 Å². The molecule has 0 fully saturated rings. The van der Waals surface area contributed by atoms with Crippen LogP contribution in [0.2, 0.25) is 5.02 Å². The third kappa shape index (κ3) is 2.93. The summed E-state index contributed by atoms with van der Waals surface area (Å²) in [5.41, 5.74) is 6.63. The van der Waals surface area contributed by atoms with Gasteiger partial charge in [0.2, 0.25) is 0 Å². The van der Waals surface area contributed by atoms with Gasteiger partial charge in [-0.3, -0.25) is 4.79 Å². The number of hydrogen-bond acceptors (Lipinski definition) is 4. The van der Waals surface area contributed by atoms with E-state index in [1.54, 1.807) is 18.2 Å². The molecule has 1 rings (SSSR count). The van der Waals surface area contributed by atoms with Crippen LogP contribution in [0.4, 0.5) is 5.69 Å². The molecule has 80 valence electrons. The van der Waals surface area contributed by atoms with E-state index in [0.29, 0.717) is 16.3 Å². The van der Waals surface area contributed by atoms with Crippen molar-refractivity contribution in [3.63, 3.8) is 0 Å². The van der Waals surface area contributed by atoms with Crippen molar-refractivity contribution in [1.29, 1.82) is 0 Å². The van der Waals surface area contributed by atoms with Crippen molar-refractivity contribution < 1.29 is 10.0 Å². The van der Waals surface area contributed by atoms with Crippen molar-refractivity contribution >= 4 is 29.4 Å². The maximum absolute atomic E-state index is 11.1. The Balaban J connectivity index is 2.94. The smallest absolute Gasteiger partial charge is 0.270 e. The number of rotatable bonds is 3. The molecule has 1 aromatic carbocycles. The van der Waals surface area contributed by atoms with E-state index in [0.717, 1.165) is 6.21 Å². The lowest BCUT2D eigenvalue weighted by Gasteiger charge is -2.09. The first-order valence-corrected chi connectivity index (χ1v) is 4.52. The minimum atomic E-state index is -0.547. The number of nitrogens with one attached hydrogen (secondary N) is 1. The summed E-state index contributed by atoms with van der Waals surface area (Å²) >= 11 is 5.88. The second-order valence-corrected chi connectivity index (χ2v) is 3.11. The molecular formula is C9H10ClN3O2. The molecule has 0 heterocycles. The molecule has 0 aliphatic carbocycles. The van der Waals surface area contributed by atoms with Gasteiger partial charge in [0.25, 0.3) is 5.91 Å². The first kappa shape index (κ1) is 11.5. The number of hydrogen-bond donors (Lipinski definition) is 3. The van der Waals surface area contributed by atoms with Crippen LogP contribution in [0, 0.1) is 0 Å². The van der Waals surface area contributed by atoms with Gasteiger partial charge in [-0.2, -0.15) is 0 Å². The van der Waals surface area contributed by atoms with Crippen LogP contribution in [0.25, 0.3) is 0 Å². The van der Waals surface area contributed by atoms with Gasteiger partial charge in [0.05, 0.1) is 0 Å². The predicted molar refractivity (Wildman–Crippen MR) is 58.3 cm³/mol. The van der Waals surface area contributed by atoms with E-state index in [1.165, 1.54) is 0 Å². The van der Waals surface area contributed by atoms with E-state index in [1.807, 2.05) is 0 Å². The van der Waals surface area contributed by atoms with Crippen LogP contribution in [0.3, 0.4) is 0 Å². The highest BCUT2D eigenvalue weighted by molar-refractivity contribution is 6.33. The van der Waals surface area contributed by atoms with Gasteiger partial charge in [-0.15, -0.1) is 0 Å². The first-order valence-electron chi connectivity index (χ1n) is 4.15. The van der Waals surface area contributed by atoms with E-state index in [-0.39, 0.29) is 6.54 Å². The Bertz CT molecular complexity index is 393. The van der Waals surface area contributed by atoms with Crippen molar-refractivity contribution in [1.82, 2.24) is 0 Å². The summed E-state index contributed by atoms with van der Waals surface area (Å²) in [4.78, 5) is 11.1. The average Bonchev–Trinajstić information content (AvgIpc) is 2.18. The SMILES string of the molecule is NCc1c(Cl)cccc1NC(=O)C=NO. The molecule has 0 saturated carbocycles. The lowest BCUT2D eigenvalue weighted by atomic mass is 10.2. The Labute approximate surface area is 91.5 Å². The topological polar surface area (TPSA) is 87.7 Å². The summed E-state index contributed by atoms with van der Waals surface area (Å²) < 4.78 is 0. The van der Waals surface area contributed by atoms with Gasteiger partial charge in [-0.1, -0.05) is 22.8 Å². The van der Waals surface area contributed by atoms with E-state index < -0.39 is 5.91 Å². The molecule has 4 N–H and O–H groups in total. The second kappa shape index (κ2) is 5.33. The highest BCUT2D eigenvalue weighted by Gasteiger charge is 2.07. The molecule has 0 radical (unpaired) electrons. The van der Waals surface area contributed by atoms with Crippen molar-refractivity contribution in [2.75, 3.05) is 5.32 Å². The van der Waals surface area contributed by atoms with Crippen molar-refractivity contribution in [2.45, 2.75) is 6.54 Å². The summed E-state index contributed by atoms with van der Waals surface area (Å²) in [5, 5.41) is 13.7. The molecule has 0 aromatic heterocycles. The van der Waals surface area contributed by atoms with Gasteiger partial charge in [-0.05, 0) is 12.1 Å². The van der Waals surface area contributed by atoms with Gasteiger partial charge in [0.1, 0.15) is 6.21 Å². The van der Waals surface area contributed by atoms with Crippen molar-refractivity contribution in [2.24, 2.45) is 10.9 Å². The summed E-state index contributed by atoms with van der Waals surface area (Å²) in [6.07, 6.45) is 0.751. The zero-order valence-electron chi connectivity index (χ0n) is 7.77. The Morgan fingerprint density at radius 2 is 2.40 bits per heavy atom. The quantitative estimate of drug-likeness (QED) is 0.412. The van der Waals surface area contributed by atoms with Crippen LogP contribution in [0.1, 0.15) is 5.56 Å². The molecule has 15 heavy (non-hydrogen) atoms. The molecule has 0 aliphatic rings. The summed E-state index contributed by atoms with van der Waals surface area (Å²) in [7, 11) is 0. The number of benzene rings is 1. The molecule has 1 amide bonds. The Morgan fingerprint density at radius 3 is 3.00 bits per heavy atom. The molecule has 0 unspecified atom stereocenters. The molecule has 6 heteroatoms. The molecule has 0 spiro atoms. The molecule has 0 saturated heterocycles. The van der Waals surface area contributed by atoms with E-state index in [2.05, 4.69) is 10.5 Å². The lowest BCUT2D eigenvalue weighted by Crippen LogP contribution is -2.15. The molecule has 0 aliphatic heterocycles. The second-order valence-electron chi connectivity index (χ2n) is 2.70. The molecular weight excluding hydrogens is 218 g/mol. The minimum Gasteiger partial charge on any atom is -0.411 e. The molecule has 1 aromatic rings. The zero-order valence-corrected chi connectivity index (χ0v) is 8.53. The normalized spacial score (nSPS) is 10.5. The third-order valence-electron chi connectivity index (χ3n) is 1.76. The predicted octanol–water partition coefficient (Wildman–Crippen LogP) is 1.20. The number of nitrogens with two attached hydrogens (primary N) is 1. The summed E-state index contributed by atoms with van der Waals surface area (Å²) in [6.45, 7) is 0.214. The van der Waals surface area contributed by atoms with E-state index in [9.17, 15) is 4.79 Å². The van der Waals surface area contributed by atoms with Crippen LogP contribution in [0.5, 0.6) is 0 Å². The maximum Gasteiger partial charge on any atom is 0.270 e. The third-order valence-corrected chi connectivity index (χ3v) is 2.11. The number of halogens is 1. The minimum absolute atomic E-state index is 0.214. The number of carbonyl (C=O) groups is 1. The number of carbonyl (C=O) groups excluding carboxylic acids is 1. The highest BCUT2D eigenvalue weighted by Crippen LogP contribution is 2.23. The number of oxime groups is 1. The van der Waals surface area contributed by atoms with Gasteiger partial charge in [0.15, 0.2) is 0 Å².